The number of aliphatic hydroxyl groups excluding tert-OH is 1. The molecule has 114 valence electrons. The summed E-state index contributed by atoms with van der Waals surface area (Å²) in [5.74, 6) is 0. The van der Waals surface area contributed by atoms with Gasteiger partial charge >= 0.3 is 6.18 Å². The van der Waals surface area contributed by atoms with Gasteiger partial charge in [0.2, 0.25) is 0 Å². The van der Waals surface area contributed by atoms with Crippen LogP contribution in [0.2, 0.25) is 5.02 Å². The molecule has 2 aromatic rings. The Kier molecular flexibility index (Phi) is 4.70. The van der Waals surface area contributed by atoms with Gasteiger partial charge in [-0.3, -0.25) is 9.88 Å². The number of benzene rings is 1. The van der Waals surface area contributed by atoms with E-state index in [0.717, 1.165) is 5.39 Å². The van der Waals surface area contributed by atoms with E-state index >= 15 is 0 Å². The largest absolute Gasteiger partial charge is 0.415 e. The molecular weight excluding hydrogens is 305 g/mol. The summed E-state index contributed by atoms with van der Waals surface area (Å²) in [5, 5.41) is 10.4. The topological polar surface area (TPSA) is 36.4 Å². The predicted octanol–water partition coefficient (Wildman–Crippen LogP) is 3.24. The molecule has 0 radical (unpaired) electrons. The van der Waals surface area contributed by atoms with Crippen LogP contribution in [-0.2, 0) is 6.54 Å². The van der Waals surface area contributed by atoms with Crippen LogP contribution in [0.5, 0.6) is 0 Å². The van der Waals surface area contributed by atoms with Gasteiger partial charge in [0.05, 0.1) is 5.52 Å². The van der Waals surface area contributed by atoms with Crippen LogP contribution >= 0.6 is 11.6 Å². The third-order valence-electron chi connectivity index (χ3n) is 3.11. The summed E-state index contributed by atoms with van der Waals surface area (Å²) in [4.78, 5) is 5.60. The van der Waals surface area contributed by atoms with Crippen molar-refractivity contribution in [2.75, 3.05) is 13.6 Å². The SMILES string of the molecule is CN(Cc1c(Cl)ccc2cccnc12)CC(O)C(F)(F)F. The minimum absolute atomic E-state index is 0.167. The van der Waals surface area contributed by atoms with Gasteiger partial charge in [0, 0.05) is 35.3 Å². The zero-order valence-electron chi connectivity index (χ0n) is 11.2. The second kappa shape index (κ2) is 6.17. The van der Waals surface area contributed by atoms with E-state index in [0.29, 0.717) is 16.1 Å². The molecule has 1 heterocycles. The molecule has 1 unspecified atom stereocenters. The van der Waals surface area contributed by atoms with E-state index in [2.05, 4.69) is 4.98 Å². The number of hydrogen-bond donors (Lipinski definition) is 1. The molecule has 21 heavy (non-hydrogen) atoms. The van der Waals surface area contributed by atoms with E-state index in [9.17, 15) is 13.2 Å². The lowest BCUT2D eigenvalue weighted by Crippen LogP contribution is -2.39. The maximum Gasteiger partial charge on any atom is 0.415 e. The third-order valence-corrected chi connectivity index (χ3v) is 3.47. The molecule has 0 aliphatic heterocycles. The predicted molar refractivity (Wildman–Crippen MR) is 75.1 cm³/mol. The second-order valence-electron chi connectivity index (χ2n) is 4.86. The second-order valence-corrected chi connectivity index (χ2v) is 5.26. The summed E-state index contributed by atoms with van der Waals surface area (Å²) in [6.07, 6.45) is -5.41. The quantitative estimate of drug-likeness (QED) is 0.940. The number of pyridine rings is 1. The lowest BCUT2D eigenvalue weighted by Gasteiger charge is -2.23. The molecule has 7 heteroatoms. The monoisotopic (exact) mass is 318 g/mol. The Labute approximate surface area is 125 Å². The van der Waals surface area contributed by atoms with Crippen molar-refractivity contribution in [2.24, 2.45) is 0 Å². The van der Waals surface area contributed by atoms with Crippen molar-refractivity contribution < 1.29 is 18.3 Å². The molecule has 2 rings (SSSR count). The Balaban J connectivity index is 2.21. The Morgan fingerprint density at radius 1 is 1.33 bits per heavy atom. The Morgan fingerprint density at radius 2 is 2.05 bits per heavy atom. The number of rotatable bonds is 4. The average molecular weight is 319 g/mol. The molecule has 1 aromatic heterocycles. The summed E-state index contributed by atoms with van der Waals surface area (Å²) in [6, 6.07) is 7.12. The molecule has 0 aliphatic carbocycles. The van der Waals surface area contributed by atoms with Crippen LogP contribution in [0, 0.1) is 0 Å². The van der Waals surface area contributed by atoms with Crippen LogP contribution in [0.4, 0.5) is 13.2 Å². The maximum absolute atomic E-state index is 12.4. The molecule has 0 saturated carbocycles. The summed E-state index contributed by atoms with van der Waals surface area (Å²) < 4.78 is 37.1. The Bertz CT molecular complexity index is 633. The summed E-state index contributed by atoms with van der Waals surface area (Å²) in [6.45, 7) is -0.358. The molecule has 0 aliphatic rings. The number of aliphatic hydroxyl groups is 1. The molecule has 0 amide bonds. The van der Waals surface area contributed by atoms with Gasteiger partial charge in [-0.05, 0) is 19.2 Å². The van der Waals surface area contributed by atoms with E-state index < -0.39 is 18.8 Å². The lowest BCUT2D eigenvalue weighted by atomic mass is 10.1. The van der Waals surface area contributed by atoms with Gasteiger partial charge < -0.3 is 5.11 Å². The van der Waals surface area contributed by atoms with Crippen LogP contribution in [0.1, 0.15) is 5.56 Å². The van der Waals surface area contributed by atoms with Crippen molar-refractivity contribution in [3.8, 4) is 0 Å². The number of nitrogens with zero attached hydrogens (tertiary/aromatic N) is 2. The smallest absolute Gasteiger partial charge is 0.382 e. The maximum atomic E-state index is 12.4. The normalized spacial score (nSPS) is 13.9. The molecule has 3 nitrogen and oxygen atoms in total. The lowest BCUT2D eigenvalue weighted by molar-refractivity contribution is -0.207. The molecule has 1 atom stereocenters. The van der Waals surface area contributed by atoms with Gasteiger partial charge in [-0.15, -0.1) is 0 Å². The van der Waals surface area contributed by atoms with Crippen molar-refractivity contribution in [2.45, 2.75) is 18.8 Å². The highest BCUT2D eigenvalue weighted by molar-refractivity contribution is 6.32. The van der Waals surface area contributed by atoms with Crippen LogP contribution in [0.3, 0.4) is 0 Å². The van der Waals surface area contributed by atoms with Crippen LogP contribution in [0.15, 0.2) is 30.5 Å². The van der Waals surface area contributed by atoms with Gasteiger partial charge in [0.1, 0.15) is 0 Å². The van der Waals surface area contributed by atoms with E-state index in [1.165, 1.54) is 11.9 Å². The summed E-state index contributed by atoms with van der Waals surface area (Å²) in [7, 11) is 1.49. The molecular formula is C14H14ClF3N2O. The highest BCUT2D eigenvalue weighted by atomic mass is 35.5. The number of alkyl halides is 3. The molecule has 1 aromatic carbocycles. The van der Waals surface area contributed by atoms with E-state index in [1.807, 2.05) is 6.07 Å². The van der Waals surface area contributed by atoms with Gasteiger partial charge in [0.25, 0.3) is 0 Å². The molecule has 0 fully saturated rings. The molecule has 1 N–H and O–H groups in total. The van der Waals surface area contributed by atoms with Crippen LogP contribution < -0.4 is 0 Å². The number of likely N-dealkylation sites (N-methyl/N-ethyl adjacent to an activating group) is 1. The summed E-state index contributed by atoms with van der Waals surface area (Å²) >= 11 is 6.12. The van der Waals surface area contributed by atoms with E-state index in [1.54, 1.807) is 24.4 Å². The van der Waals surface area contributed by atoms with Crippen molar-refractivity contribution >= 4 is 22.5 Å². The first-order valence-electron chi connectivity index (χ1n) is 6.24. The first-order valence-corrected chi connectivity index (χ1v) is 6.62. The average Bonchev–Trinajstić information content (AvgIpc) is 2.41. The van der Waals surface area contributed by atoms with Crippen molar-refractivity contribution in [1.82, 2.24) is 9.88 Å². The highest BCUT2D eigenvalue weighted by Crippen LogP contribution is 2.26. The fourth-order valence-corrected chi connectivity index (χ4v) is 2.28. The Morgan fingerprint density at radius 3 is 2.71 bits per heavy atom. The highest BCUT2D eigenvalue weighted by Gasteiger charge is 2.38. The van der Waals surface area contributed by atoms with Gasteiger partial charge in [-0.1, -0.05) is 23.7 Å². The van der Waals surface area contributed by atoms with Crippen LogP contribution in [-0.4, -0.2) is 40.9 Å². The van der Waals surface area contributed by atoms with Gasteiger partial charge in [-0.2, -0.15) is 13.2 Å². The fraction of sp³-hybridized carbons (Fsp3) is 0.357. The summed E-state index contributed by atoms with van der Waals surface area (Å²) in [5.41, 5.74) is 1.30. The minimum Gasteiger partial charge on any atom is -0.382 e. The van der Waals surface area contributed by atoms with Gasteiger partial charge in [0.15, 0.2) is 6.10 Å². The fourth-order valence-electron chi connectivity index (χ4n) is 2.06. The standard InChI is InChI=1S/C14H14ClF3N2O/c1-20(8-12(21)14(16,17)18)7-10-11(15)5-4-9-3-2-6-19-13(9)10/h2-6,12,21H,7-8H2,1H3. The molecule has 0 bridgehead atoms. The number of hydrogen-bond acceptors (Lipinski definition) is 3. The zero-order valence-corrected chi connectivity index (χ0v) is 12.0. The van der Waals surface area contributed by atoms with Crippen molar-refractivity contribution in [3.05, 3.63) is 41.0 Å². The minimum atomic E-state index is -4.63. The van der Waals surface area contributed by atoms with Gasteiger partial charge in [-0.25, -0.2) is 0 Å². The van der Waals surface area contributed by atoms with Crippen molar-refractivity contribution in [3.63, 3.8) is 0 Å². The number of aromatic nitrogens is 1. The van der Waals surface area contributed by atoms with Crippen molar-refractivity contribution in [1.29, 1.82) is 0 Å². The molecule has 0 spiro atoms. The third kappa shape index (κ3) is 3.84. The molecule has 0 saturated heterocycles. The zero-order chi connectivity index (χ0) is 15.6. The van der Waals surface area contributed by atoms with E-state index in [4.69, 9.17) is 16.7 Å². The number of halogens is 4. The van der Waals surface area contributed by atoms with E-state index in [-0.39, 0.29) is 6.54 Å². The first kappa shape index (κ1) is 16.0. The van der Waals surface area contributed by atoms with Crippen LogP contribution in [0.25, 0.3) is 10.9 Å². The first-order chi connectivity index (χ1) is 9.79. The Hall–Kier alpha value is -1.37. The number of fused-ring (bicyclic) bond motifs is 1.